The van der Waals surface area contributed by atoms with E-state index in [4.69, 9.17) is 0 Å². The first-order valence-electron chi connectivity index (χ1n) is 18.6. The molecule has 11 rings (SSSR count). The number of nitrogens with zero attached hydrogens (tertiary/aromatic N) is 2. The Morgan fingerprint density at radius 3 is 1.52 bits per heavy atom. The molecule has 2 aromatic heterocycles. The molecule has 0 aliphatic rings. The van der Waals surface area contributed by atoms with Crippen LogP contribution in [0.2, 0.25) is 0 Å². The van der Waals surface area contributed by atoms with Crippen LogP contribution in [0.15, 0.2) is 206 Å². The maximum absolute atomic E-state index is 2.48. The van der Waals surface area contributed by atoms with E-state index in [1.165, 1.54) is 87.8 Å². The average molecular weight is 687 g/mol. The number of rotatable bonds is 5. The summed E-state index contributed by atoms with van der Waals surface area (Å²) in [5, 5.41) is 7.52. The third-order valence-electron chi connectivity index (χ3n) is 11.0. The predicted molar refractivity (Wildman–Crippen MR) is 229 cm³/mol. The first kappa shape index (κ1) is 30.5. The molecule has 11 aromatic rings. The van der Waals surface area contributed by atoms with E-state index in [1.54, 1.807) is 0 Å². The summed E-state index contributed by atoms with van der Waals surface area (Å²) in [5.41, 5.74) is 14.3. The molecule has 0 spiro atoms. The summed E-state index contributed by atoms with van der Waals surface area (Å²) in [6, 6.07) is 75.2. The fraction of sp³-hybridized carbons (Fsp3) is 0. The molecule has 54 heavy (non-hydrogen) atoms. The fourth-order valence-electron chi connectivity index (χ4n) is 8.58. The Labute approximate surface area is 313 Å². The zero-order chi connectivity index (χ0) is 35.6. The van der Waals surface area contributed by atoms with Crippen LogP contribution in [-0.2, 0) is 0 Å². The molecule has 2 heterocycles. The number of fused-ring (bicyclic) bond motifs is 8. The van der Waals surface area contributed by atoms with E-state index in [-0.39, 0.29) is 0 Å². The van der Waals surface area contributed by atoms with Gasteiger partial charge in [0.1, 0.15) is 0 Å². The number of hydrogen-bond donors (Lipinski definition) is 0. The Kier molecular flexibility index (Phi) is 6.90. The lowest BCUT2D eigenvalue weighted by atomic mass is 9.93. The van der Waals surface area contributed by atoms with E-state index in [0.29, 0.717) is 0 Å². The highest BCUT2D eigenvalue weighted by Gasteiger charge is 2.21. The molecule has 0 saturated heterocycles. The molecule has 0 bridgehead atoms. The van der Waals surface area contributed by atoms with E-state index in [1.807, 2.05) is 0 Å². The van der Waals surface area contributed by atoms with Crippen molar-refractivity contribution in [2.45, 2.75) is 0 Å². The minimum atomic E-state index is 1.14. The second kappa shape index (κ2) is 12.2. The van der Waals surface area contributed by atoms with Crippen molar-refractivity contribution in [1.29, 1.82) is 0 Å². The van der Waals surface area contributed by atoms with Gasteiger partial charge in [0.05, 0.1) is 22.1 Å². The molecule has 0 N–H and O–H groups in total. The van der Waals surface area contributed by atoms with Crippen LogP contribution in [0, 0.1) is 0 Å². The molecule has 0 radical (unpaired) electrons. The zero-order valence-electron chi connectivity index (χ0n) is 29.5. The minimum Gasteiger partial charge on any atom is -0.309 e. The van der Waals surface area contributed by atoms with Gasteiger partial charge in [-0.05, 0) is 111 Å². The molecule has 0 amide bonds. The van der Waals surface area contributed by atoms with E-state index in [9.17, 15) is 0 Å². The Morgan fingerprint density at radius 1 is 0.259 bits per heavy atom. The standard InChI is InChI=1S/C52H34N2/c1-4-15-35(16-5-1)40-29-41(36-17-6-2-7-18-36)31-42(30-40)37-21-14-24-44(32-37)53-48-26-13-12-25-46(48)51-49(53)28-27-45-47-33-38-19-10-11-20-39(38)34-50(47)54(52(45)51)43-22-8-3-9-23-43/h1-34H. The number of hydrogen-bond acceptors (Lipinski definition) is 0. The Balaban J connectivity index is 1.18. The van der Waals surface area contributed by atoms with Gasteiger partial charge in [-0.1, -0.05) is 140 Å². The lowest BCUT2D eigenvalue weighted by molar-refractivity contribution is 1.17. The molecular formula is C52H34N2. The van der Waals surface area contributed by atoms with Gasteiger partial charge < -0.3 is 9.13 Å². The fourth-order valence-corrected chi connectivity index (χ4v) is 8.58. The molecule has 0 atom stereocenters. The zero-order valence-corrected chi connectivity index (χ0v) is 29.5. The summed E-state index contributed by atoms with van der Waals surface area (Å²) in [6.45, 7) is 0. The maximum Gasteiger partial charge on any atom is 0.0641 e. The normalized spacial score (nSPS) is 11.7. The number of para-hydroxylation sites is 2. The molecule has 0 aliphatic carbocycles. The van der Waals surface area contributed by atoms with Gasteiger partial charge in [0.25, 0.3) is 0 Å². The third-order valence-corrected chi connectivity index (χ3v) is 11.0. The highest BCUT2D eigenvalue weighted by molar-refractivity contribution is 6.27. The van der Waals surface area contributed by atoms with Crippen LogP contribution in [0.4, 0.5) is 0 Å². The van der Waals surface area contributed by atoms with Gasteiger partial charge in [-0.15, -0.1) is 0 Å². The molecule has 252 valence electrons. The van der Waals surface area contributed by atoms with Crippen molar-refractivity contribution < 1.29 is 0 Å². The Morgan fingerprint density at radius 2 is 0.815 bits per heavy atom. The molecule has 0 saturated carbocycles. The van der Waals surface area contributed by atoms with E-state index in [0.717, 1.165) is 11.4 Å². The van der Waals surface area contributed by atoms with Crippen LogP contribution in [0.1, 0.15) is 0 Å². The van der Waals surface area contributed by atoms with Gasteiger partial charge in [-0.3, -0.25) is 0 Å². The highest BCUT2D eigenvalue weighted by Crippen LogP contribution is 2.43. The summed E-state index contributed by atoms with van der Waals surface area (Å²) >= 11 is 0. The summed E-state index contributed by atoms with van der Waals surface area (Å²) in [5.74, 6) is 0. The van der Waals surface area contributed by atoms with Crippen LogP contribution in [0.5, 0.6) is 0 Å². The van der Waals surface area contributed by atoms with Gasteiger partial charge in [-0.2, -0.15) is 0 Å². The second-order valence-electron chi connectivity index (χ2n) is 14.2. The third kappa shape index (κ3) is 4.81. The summed E-state index contributed by atoms with van der Waals surface area (Å²) in [6.07, 6.45) is 0. The van der Waals surface area contributed by atoms with Crippen LogP contribution >= 0.6 is 0 Å². The molecule has 0 fully saturated rings. The smallest absolute Gasteiger partial charge is 0.0641 e. The van der Waals surface area contributed by atoms with Gasteiger partial charge in [0.15, 0.2) is 0 Å². The lowest BCUT2D eigenvalue weighted by Gasteiger charge is -2.14. The van der Waals surface area contributed by atoms with Crippen molar-refractivity contribution in [2.24, 2.45) is 0 Å². The van der Waals surface area contributed by atoms with Crippen LogP contribution < -0.4 is 0 Å². The van der Waals surface area contributed by atoms with E-state index >= 15 is 0 Å². The number of benzene rings is 9. The predicted octanol–water partition coefficient (Wildman–Crippen LogP) is 14.0. The molecule has 0 unspecified atom stereocenters. The first-order valence-corrected chi connectivity index (χ1v) is 18.6. The van der Waals surface area contributed by atoms with Crippen molar-refractivity contribution >= 4 is 54.4 Å². The Hall–Kier alpha value is -7.16. The minimum absolute atomic E-state index is 1.14. The molecule has 0 aliphatic heterocycles. The van der Waals surface area contributed by atoms with Crippen LogP contribution in [-0.4, -0.2) is 9.13 Å². The second-order valence-corrected chi connectivity index (χ2v) is 14.2. The first-order chi connectivity index (χ1) is 26.8. The van der Waals surface area contributed by atoms with Gasteiger partial charge >= 0.3 is 0 Å². The van der Waals surface area contributed by atoms with Gasteiger partial charge in [-0.25, -0.2) is 0 Å². The van der Waals surface area contributed by atoms with Gasteiger partial charge in [0.2, 0.25) is 0 Å². The summed E-state index contributed by atoms with van der Waals surface area (Å²) in [4.78, 5) is 0. The number of aromatic nitrogens is 2. The molecule has 2 heteroatoms. The lowest BCUT2D eigenvalue weighted by Crippen LogP contribution is -1.96. The summed E-state index contributed by atoms with van der Waals surface area (Å²) in [7, 11) is 0. The molecule has 2 nitrogen and oxygen atoms in total. The van der Waals surface area contributed by atoms with E-state index in [2.05, 4.69) is 215 Å². The summed E-state index contributed by atoms with van der Waals surface area (Å²) < 4.78 is 4.93. The van der Waals surface area contributed by atoms with Gasteiger partial charge in [0, 0.05) is 32.9 Å². The Bertz CT molecular complexity index is 3130. The van der Waals surface area contributed by atoms with Crippen molar-refractivity contribution in [3.63, 3.8) is 0 Å². The monoisotopic (exact) mass is 686 g/mol. The van der Waals surface area contributed by atoms with E-state index < -0.39 is 0 Å². The molecule has 9 aromatic carbocycles. The SMILES string of the molecule is c1ccc(-c2cc(-c3ccccc3)cc(-c3cccc(-n4c5ccccc5c5c4ccc4c6cc7ccccc7cc6n(-c6ccccc6)c45)c3)c2)cc1. The quantitative estimate of drug-likeness (QED) is 0.171. The molecular weight excluding hydrogens is 653 g/mol. The van der Waals surface area contributed by atoms with Crippen LogP contribution in [0.3, 0.4) is 0 Å². The van der Waals surface area contributed by atoms with Crippen molar-refractivity contribution in [3.05, 3.63) is 206 Å². The average Bonchev–Trinajstić information content (AvgIpc) is 3.76. The van der Waals surface area contributed by atoms with Crippen molar-refractivity contribution in [2.75, 3.05) is 0 Å². The topological polar surface area (TPSA) is 9.86 Å². The highest BCUT2D eigenvalue weighted by atomic mass is 15.0. The van der Waals surface area contributed by atoms with Crippen molar-refractivity contribution in [1.82, 2.24) is 9.13 Å². The largest absolute Gasteiger partial charge is 0.309 e. The van der Waals surface area contributed by atoms with Crippen LogP contribution in [0.25, 0.3) is 99.1 Å². The maximum atomic E-state index is 2.48. The van der Waals surface area contributed by atoms with Crippen molar-refractivity contribution in [3.8, 4) is 44.8 Å².